The van der Waals surface area contributed by atoms with Crippen LogP contribution in [0, 0.1) is 17.7 Å². The summed E-state index contributed by atoms with van der Waals surface area (Å²) in [7, 11) is 0. The van der Waals surface area contributed by atoms with Crippen LogP contribution in [0.1, 0.15) is 43.0 Å². The maximum Gasteiger partial charge on any atom is 0.253 e. The van der Waals surface area contributed by atoms with Crippen molar-refractivity contribution >= 4 is 11.8 Å². The van der Waals surface area contributed by atoms with E-state index in [2.05, 4.69) is 17.0 Å². The van der Waals surface area contributed by atoms with Crippen molar-refractivity contribution in [2.75, 3.05) is 26.2 Å². The van der Waals surface area contributed by atoms with Crippen molar-refractivity contribution in [1.29, 1.82) is 0 Å². The predicted octanol–water partition coefficient (Wildman–Crippen LogP) is 2.52. The van der Waals surface area contributed by atoms with Crippen LogP contribution >= 0.6 is 0 Å². The van der Waals surface area contributed by atoms with E-state index in [1.165, 1.54) is 35.9 Å². The van der Waals surface area contributed by atoms with E-state index in [1.807, 2.05) is 4.90 Å². The molecular formula is C21H26FN5O2. The Morgan fingerprint density at radius 3 is 2.55 bits per heavy atom. The Labute approximate surface area is 169 Å². The molecule has 1 aromatic carbocycles. The number of carbonyl (C=O) groups is 2. The molecule has 2 aliphatic heterocycles. The van der Waals surface area contributed by atoms with Crippen LogP contribution in [0.3, 0.4) is 0 Å². The minimum absolute atomic E-state index is 0.0178. The highest BCUT2D eigenvalue weighted by Crippen LogP contribution is 2.25. The number of hydrogen-bond acceptors (Lipinski definition) is 4. The third-order valence-corrected chi connectivity index (χ3v) is 5.96. The first-order chi connectivity index (χ1) is 14.0. The average Bonchev–Trinajstić information content (AvgIpc) is 3.27. The van der Waals surface area contributed by atoms with Gasteiger partial charge in [-0.15, -0.1) is 0 Å². The summed E-state index contributed by atoms with van der Waals surface area (Å²) in [4.78, 5) is 33.1. The summed E-state index contributed by atoms with van der Waals surface area (Å²) >= 11 is 0. The van der Waals surface area contributed by atoms with Crippen molar-refractivity contribution in [2.45, 2.75) is 32.6 Å². The molecule has 2 saturated heterocycles. The SMILES string of the molecule is CC1CCCN(C(=O)C2CCN(C(=O)c3ccc(-n4cncn4)c(F)c3)CC2)C1. The molecule has 154 valence electrons. The maximum absolute atomic E-state index is 14.4. The second-order valence-corrected chi connectivity index (χ2v) is 8.10. The van der Waals surface area contributed by atoms with E-state index in [9.17, 15) is 14.0 Å². The lowest BCUT2D eigenvalue weighted by molar-refractivity contribution is -0.138. The van der Waals surface area contributed by atoms with Gasteiger partial charge in [0.15, 0.2) is 0 Å². The topological polar surface area (TPSA) is 71.3 Å². The van der Waals surface area contributed by atoms with E-state index in [-0.39, 0.29) is 23.4 Å². The van der Waals surface area contributed by atoms with Gasteiger partial charge in [-0.05, 0) is 49.8 Å². The molecule has 29 heavy (non-hydrogen) atoms. The molecule has 1 aromatic heterocycles. The van der Waals surface area contributed by atoms with Crippen LogP contribution in [-0.2, 0) is 4.79 Å². The lowest BCUT2D eigenvalue weighted by Gasteiger charge is -2.37. The molecule has 0 radical (unpaired) electrons. The summed E-state index contributed by atoms with van der Waals surface area (Å²) in [6.45, 7) is 4.92. The average molecular weight is 399 g/mol. The molecule has 0 N–H and O–H groups in total. The summed E-state index contributed by atoms with van der Waals surface area (Å²) in [5.41, 5.74) is 0.556. The summed E-state index contributed by atoms with van der Waals surface area (Å²) in [6.07, 6.45) is 6.31. The number of nitrogens with zero attached hydrogens (tertiary/aromatic N) is 5. The molecule has 8 heteroatoms. The van der Waals surface area contributed by atoms with Crippen molar-refractivity contribution in [2.24, 2.45) is 11.8 Å². The Morgan fingerprint density at radius 2 is 1.90 bits per heavy atom. The van der Waals surface area contributed by atoms with Gasteiger partial charge in [0.05, 0.1) is 0 Å². The van der Waals surface area contributed by atoms with Gasteiger partial charge < -0.3 is 9.80 Å². The highest BCUT2D eigenvalue weighted by atomic mass is 19.1. The van der Waals surface area contributed by atoms with Crippen molar-refractivity contribution in [3.8, 4) is 5.69 Å². The fourth-order valence-electron chi connectivity index (χ4n) is 4.32. The third-order valence-electron chi connectivity index (χ3n) is 5.96. The smallest absolute Gasteiger partial charge is 0.253 e. The van der Waals surface area contributed by atoms with Crippen molar-refractivity contribution in [3.05, 3.63) is 42.2 Å². The molecule has 1 atom stereocenters. The largest absolute Gasteiger partial charge is 0.342 e. The van der Waals surface area contributed by atoms with Gasteiger partial charge >= 0.3 is 0 Å². The third kappa shape index (κ3) is 4.16. The molecule has 3 heterocycles. The normalized spacial score (nSPS) is 20.7. The predicted molar refractivity (Wildman–Crippen MR) is 105 cm³/mol. The molecule has 1 unspecified atom stereocenters. The fourth-order valence-corrected chi connectivity index (χ4v) is 4.32. The van der Waals surface area contributed by atoms with Gasteiger partial charge in [0.1, 0.15) is 24.2 Å². The van der Waals surface area contributed by atoms with Gasteiger partial charge in [-0.2, -0.15) is 5.10 Å². The molecule has 0 aliphatic carbocycles. The summed E-state index contributed by atoms with van der Waals surface area (Å²) in [5, 5.41) is 3.91. The van der Waals surface area contributed by atoms with Gasteiger partial charge in [-0.25, -0.2) is 14.1 Å². The number of rotatable bonds is 3. The molecule has 4 rings (SSSR count). The Balaban J connectivity index is 1.36. The molecular weight excluding hydrogens is 373 g/mol. The maximum atomic E-state index is 14.4. The Hall–Kier alpha value is -2.77. The minimum Gasteiger partial charge on any atom is -0.342 e. The second kappa shape index (κ2) is 8.31. The highest BCUT2D eigenvalue weighted by Gasteiger charge is 2.32. The quantitative estimate of drug-likeness (QED) is 0.795. The molecule has 7 nitrogen and oxygen atoms in total. The first-order valence-corrected chi connectivity index (χ1v) is 10.3. The zero-order valence-corrected chi connectivity index (χ0v) is 16.6. The summed E-state index contributed by atoms with van der Waals surface area (Å²) < 4.78 is 15.8. The summed E-state index contributed by atoms with van der Waals surface area (Å²) in [6, 6.07) is 4.38. The van der Waals surface area contributed by atoms with Gasteiger partial charge in [0.25, 0.3) is 5.91 Å². The van der Waals surface area contributed by atoms with Crippen molar-refractivity contribution in [1.82, 2.24) is 24.6 Å². The number of benzene rings is 1. The van der Waals surface area contributed by atoms with Crippen LogP contribution in [0.15, 0.2) is 30.9 Å². The lowest BCUT2D eigenvalue weighted by atomic mass is 9.92. The number of halogens is 1. The second-order valence-electron chi connectivity index (χ2n) is 8.10. The minimum atomic E-state index is -0.523. The number of piperidine rings is 2. The van der Waals surface area contributed by atoms with E-state index < -0.39 is 5.82 Å². The zero-order valence-electron chi connectivity index (χ0n) is 16.6. The van der Waals surface area contributed by atoms with Crippen LogP contribution in [-0.4, -0.2) is 62.6 Å². The van der Waals surface area contributed by atoms with E-state index >= 15 is 0 Å². The number of hydrogen-bond donors (Lipinski definition) is 0. The Kier molecular flexibility index (Phi) is 5.60. The first kappa shape index (κ1) is 19.5. The van der Waals surface area contributed by atoms with Crippen LogP contribution < -0.4 is 0 Å². The van der Waals surface area contributed by atoms with Crippen molar-refractivity contribution < 1.29 is 14.0 Å². The molecule has 0 spiro atoms. The monoisotopic (exact) mass is 399 g/mol. The van der Waals surface area contributed by atoms with Crippen LogP contribution in [0.4, 0.5) is 4.39 Å². The first-order valence-electron chi connectivity index (χ1n) is 10.3. The van der Waals surface area contributed by atoms with Crippen LogP contribution in [0.2, 0.25) is 0 Å². The Bertz CT molecular complexity index is 877. The van der Waals surface area contributed by atoms with E-state index in [0.717, 1.165) is 19.5 Å². The number of aromatic nitrogens is 3. The lowest BCUT2D eigenvalue weighted by Crippen LogP contribution is -2.47. The molecule has 2 amide bonds. The standard InChI is InChI=1S/C21H26FN5O2/c1-15-3-2-8-26(12-15)20(28)16-6-9-25(10-7-16)21(29)17-4-5-19(18(22)11-17)27-14-23-13-24-27/h4-5,11,13-16H,2-3,6-10,12H2,1H3. The fraction of sp³-hybridized carbons (Fsp3) is 0.524. The van der Waals surface area contributed by atoms with E-state index in [1.54, 1.807) is 11.0 Å². The molecule has 0 saturated carbocycles. The van der Waals surface area contributed by atoms with E-state index in [0.29, 0.717) is 37.4 Å². The van der Waals surface area contributed by atoms with E-state index in [4.69, 9.17) is 0 Å². The Morgan fingerprint density at radius 1 is 1.10 bits per heavy atom. The molecule has 2 aromatic rings. The van der Waals surface area contributed by atoms with Gasteiger partial charge in [0.2, 0.25) is 5.91 Å². The van der Waals surface area contributed by atoms with Crippen molar-refractivity contribution in [3.63, 3.8) is 0 Å². The molecule has 2 aliphatic rings. The summed E-state index contributed by atoms with van der Waals surface area (Å²) in [5.74, 6) is 0.0459. The van der Waals surface area contributed by atoms with Crippen LogP contribution in [0.25, 0.3) is 5.69 Å². The van der Waals surface area contributed by atoms with Gasteiger partial charge in [-0.1, -0.05) is 6.92 Å². The highest BCUT2D eigenvalue weighted by molar-refractivity contribution is 5.94. The zero-order chi connectivity index (χ0) is 20.4. The van der Waals surface area contributed by atoms with Crippen LogP contribution in [0.5, 0.6) is 0 Å². The van der Waals surface area contributed by atoms with Gasteiger partial charge in [-0.3, -0.25) is 9.59 Å². The number of likely N-dealkylation sites (tertiary alicyclic amines) is 2. The number of amides is 2. The number of carbonyl (C=O) groups excluding carboxylic acids is 2. The van der Waals surface area contributed by atoms with Gasteiger partial charge in [0, 0.05) is 37.7 Å². The molecule has 2 fully saturated rings. The molecule has 0 bridgehead atoms.